The zero-order valence-corrected chi connectivity index (χ0v) is 9.49. The summed E-state index contributed by atoms with van der Waals surface area (Å²) in [5, 5.41) is 18.6. The van der Waals surface area contributed by atoms with E-state index in [9.17, 15) is 14.3 Å². The van der Waals surface area contributed by atoms with Crippen molar-refractivity contribution in [3.8, 4) is 5.75 Å². The Morgan fingerprint density at radius 1 is 1.38 bits per heavy atom. The van der Waals surface area contributed by atoms with E-state index >= 15 is 0 Å². The number of carbonyl (C=O) groups is 1. The van der Waals surface area contributed by atoms with E-state index in [1.54, 1.807) is 13.8 Å². The van der Waals surface area contributed by atoms with E-state index in [0.717, 1.165) is 0 Å². The molecule has 0 amide bonds. The molecule has 0 aliphatic rings. The molecule has 1 aromatic carbocycles. The maximum absolute atomic E-state index is 13.8. The van der Waals surface area contributed by atoms with Gasteiger partial charge >= 0.3 is 5.97 Å². The fourth-order valence-electron chi connectivity index (χ4n) is 1.73. The highest BCUT2D eigenvalue weighted by molar-refractivity contribution is 5.77. The minimum Gasteiger partial charge on any atom is -0.508 e. The molecule has 3 nitrogen and oxygen atoms in total. The van der Waals surface area contributed by atoms with Crippen LogP contribution in [0.4, 0.5) is 4.39 Å². The Morgan fingerprint density at radius 3 is 2.38 bits per heavy atom. The van der Waals surface area contributed by atoms with Crippen LogP contribution in [0.15, 0.2) is 12.1 Å². The summed E-state index contributed by atoms with van der Waals surface area (Å²) in [5.74, 6) is -3.39. The topological polar surface area (TPSA) is 57.5 Å². The first-order chi connectivity index (χ1) is 7.36. The lowest BCUT2D eigenvalue weighted by molar-refractivity contribution is -0.140. The van der Waals surface area contributed by atoms with Crippen LogP contribution in [0.5, 0.6) is 5.75 Å². The van der Waals surface area contributed by atoms with Gasteiger partial charge in [-0.05, 0) is 24.5 Å². The van der Waals surface area contributed by atoms with Crippen LogP contribution in [0.1, 0.15) is 30.9 Å². The first-order valence-corrected chi connectivity index (χ1v) is 5.07. The van der Waals surface area contributed by atoms with Crippen LogP contribution in [0, 0.1) is 18.7 Å². The number of halogens is 1. The lowest BCUT2D eigenvalue weighted by Gasteiger charge is -2.19. The minimum absolute atomic E-state index is 0.123. The molecule has 4 heteroatoms. The van der Waals surface area contributed by atoms with Crippen LogP contribution in [-0.2, 0) is 4.79 Å². The highest BCUT2D eigenvalue weighted by Gasteiger charge is 2.29. The van der Waals surface area contributed by atoms with Gasteiger partial charge in [0.15, 0.2) is 0 Å². The second kappa shape index (κ2) is 4.51. The summed E-state index contributed by atoms with van der Waals surface area (Å²) in [6.45, 7) is 4.90. The van der Waals surface area contributed by atoms with Crippen molar-refractivity contribution in [1.82, 2.24) is 0 Å². The normalized spacial score (nSPS) is 12.8. The van der Waals surface area contributed by atoms with Crippen molar-refractivity contribution in [3.63, 3.8) is 0 Å². The van der Waals surface area contributed by atoms with Gasteiger partial charge in [-0.15, -0.1) is 0 Å². The molecule has 1 rings (SSSR count). The van der Waals surface area contributed by atoms with Gasteiger partial charge in [-0.25, -0.2) is 4.39 Å². The van der Waals surface area contributed by atoms with E-state index < -0.39 is 17.7 Å². The van der Waals surface area contributed by atoms with Crippen molar-refractivity contribution in [1.29, 1.82) is 0 Å². The zero-order valence-electron chi connectivity index (χ0n) is 9.49. The average Bonchev–Trinajstić information content (AvgIpc) is 2.17. The highest BCUT2D eigenvalue weighted by Crippen LogP contribution is 2.34. The number of rotatable bonds is 3. The van der Waals surface area contributed by atoms with Gasteiger partial charge < -0.3 is 10.2 Å². The van der Waals surface area contributed by atoms with E-state index in [0.29, 0.717) is 5.56 Å². The van der Waals surface area contributed by atoms with Gasteiger partial charge in [-0.1, -0.05) is 19.9 Å². The van der Waals surface area contributed by atoms with Crippen LogP contribution in [0.25, 0.3) is 0 Å². The molecular weight excluding hydrogens is 211 g/mol. The Hall–Kier alpha value is -1.58. The Labute approximate surface area is 93.5 Å². The summed E-state index contributed by atoms with van der Waals surface area (Å²) in [6, 6.07) is 2.75. The minimum atomic E-state index is -1.13. The number of carboxylic acids is 1. The molecular formula is C12H15FO3. The van der Waals surface area contributed by atoms with Crippen molar-refractivity contribution in [2.45, 2.75) is 26.7 Å². The van der Waals surface area contributed by atoms with E-state index in [4.69, 9.17) is 5.11 Å². The molecule has 0 spiro atoms. The molecule has 1 atom stereocenters. The van der Waals surface area contributed by atoms with Crippen molar-refractivity contribution in [2.24, 2.45) is 5.92 Å². The molecule has 16 heavy (non-hydrogen) atoms. The Balaban J connectivity index is 3.40. The predicted molar refractivity (Wildman–Crippen MR) is 58.0 cm³/mol. The van der Waals surface area contributed by atoms with Crippen LogP contribution in [0.2, 0.25) is 0 Å². The molecule has 1 aromatic rings. The maximum atomic E-state index is 13.8. The number of benzene rings is 1. The Kier molecular flexibility index (Phi) is 3.52. The second-order valence-electron chi connectivity index (χ2n) is 4.19. The molecule has 0 aliphatic heterocycles. The van der Waals surface area contributed by atoms with Gasteiger partial charge in [0.25, 0.3) is 0 Å². The molecule has 0 saturated carbocycles. The zero-order chi connectivity index (χ0) is 12.5. The summed E-state index contributed by atoms with van der Waals surface area (Å²) >= 11 is 0. The van der Waals surface area contributed by atoms with Crippen molar-refractivity contribution >= 4 is 5.97 Å². The van der Waals surface area contributed by atoms with E-state index in [-0.39, 0.29) is 17.2 Å². The van der Waals surface area contributed by atoms with Crippen LogP contribution < -0.4 is 0 Å². The van der Waals surface area contributed by atoms with Gasteiger partial charge in [-0.3, -0.25) is 4.79 Å². The summed E-state index contributed by atoms with van der Waals surface area (Å²) in [7, 11) is 0. The molecule has 0 fully saturated rings. The molecule has 0 bridgehead atoms. The maximum Gasteiger partial charge on any atom is 0.311 e. The number of aryl methyl sites for hydroxylation is 1. The lowest BCUT2D eigenvalue weighted by atomic mass is 9.86. The summed E-state index contributed by atoms with van der Waals surface area (Å²) in [5.41, 5.74) is 0.210. The number of carboxylic acid groups (broad SMARTS) is 1. The van der Waals surface area contributed by atoms with Crippen molar-refractivity contribution < 1.29 is 19.4 Å². The number of aliphatic carboxylic acids is 1. The molecule has 0 heterocycles. The van der Waals surface area contributed by atoms with Crippen LogP contribution in [0.3, 0.4) is 0 Å². The quantitative estimate of drug-likeness (QED) is 0.833. The third-order valence-electron chi connectivity index (χ3n) is 2.59. The SMILES string of the molecule is Cc1ccc(O)c(C(C(=O)O)C(C)C)c1F. The number of aromatic hydroxyl groups is 1. The van der Waals surface area contributed by atoms with Crippen molar-refractivity contribution in [3.05, 3.63) is 29.1 Å². The molecule has 2 N–H and O–H groups in total. The first-order valence-electron chi connectivity index (χ1n) is 5.07. The predicted octanol–water partition coefficient (Wildman–Crippen LogP) is 2.66. The summed E-state index contributed by atoms with van der Waals surface area (Å²) < 4.78 is 13.8. The molecule has 0 radical (unpaired) electrons. The van der Waals surface area contributed by atoms with E-state index in [1.165, 1.54) is 19.1 Å². The van der Waals surface area contributed by atoms with Gasteiger partial charge in [0.1, 0.15) is 11.6 Å². The Bertz CT molecular complexity index is 413. The smallest absolute Gasteiger partial charge is 0.311 e. The summed E-state index contributed by atoms with van der Waals surface area (Å²) in [6.07, 6.45) is 0. The number of hydrogen-bond acceptors (Lipinski definition) is 2. The summed E-state index contributed by atoms with van der Waals surface area (Å²) in [4.78, 5) is 11.1. The van der Waals surface area contributed by atoms with Gasteiger partial charge in [0, 0.05) is 5.56 Å². The van der Waals surface area contributed by atoms with Gasteiger partial charge in [0.05, 0.1) is 5.92 Å². The molecule has 1 unspecified atom stereocenters. The molecule has 0 aromatic heterocycles. The fraction of sp³-hybridized carbons (Fsp3) is 0.417. The molecule has 0 saturated heterocycles. The third-order valence-corrected chi connectivity index (χ3v) is 2.59. The average molecular weight is 226 g/mol. The lowest BCUT2D eigenvalue weighted by Crippen LogP contribution is -2.19. The standard InChI is InChI=1S/C12H15FO3/c1-6(2)9(12(15)16)10-8(14)5-4-7(3)11(10)13/h4-6,9,14H,1-3H3,(H,15,16). The van der Waals surface area contributed by atoms with Crippen LogP contribution >= 0.6 is 0 Å². The Morgan fingerprint density at radius 2 is 1.94 bits per heavy atom. The molecule has 0 aliphatic carbocycles. The monoisotopic (exact) mass is 226 g/mol. The van der Waals surface area contributed by atoms with Crippen LogP contribution in [-0.4, -0.2) is 16.2 Å². The largest absolute Gasteiger partial charge is 0.508 e. The fourth-order valence-corrected chi connectivity index (χ4v) is 1.73. The number of phenols is 1. The van der Waals surface area contributed by atoms with E-state index in [1.807, 2.05) is 0 Å². The van der Waals surface area contributed by atoms with Crippen molar-refractivity contribution in [2.75, 3.05) is 0 Å². The van der Waals surface area contributed by atoms with E-state index in [2.05, 4.69) is 0 Å². The third kappa shape index (κ3) is 2.15. The second-order valence-corrected chi connectivity index (χ2v) is 4.19. The first kappa shape index (κ1) is 12.5. The van der Waals surface area contributed by atoms with Gasteiger partial charge in [-0.2, -0.15) is 0 Å². The number of hydrogen-bond donors (Lipinski definition) is 2. The van der Waals surface area contributed by atoms with Gasteiger partial charge in [0.2, 0.25) is 0 Å². The highest BCUT2D eigenvalue weighted by atomic mass is 19.1. The number of phenolic OH excluding ortho intramolecular Hbond substituents is 1. The molecule has 88 valence electrons.